The van der Waals surface area contributed by atoms with Crippen LogP contribution in [-0.2, 0) is 23.6 Å². The molecule has 3 rings (SSSR count). The van der Waals surface area contributed by atoms with Crippen LogP contribution in [-0.4, -0.2) is 24.1 Å². The van der Waals surface area contributed by atoms with Crippen LogP contribution in [0.2, 0.25) is 0 Å². The van der Waals surface area contributed by atoms with Gasteiger partial charge in [-0.15, -0.1) is 0 Å². The van der Waals surface area contributed by atoms with E-state index in [-0.39, 0.29) is 10.8 Å². The lowest BCUT2D eigenvalue weighted by Crippen LogP contribution is -2.23. The van der Waals surface area contributed by atoms with Gasteiger partial charge in [0.15, 0.2) is 0 Å². The number of nitrogens with one attached hydrogen (secondary N) is 2. The Balaban J connectivity index is 1.77. The minimum Gasteiger partial charge on any atom is -0.348 e. The van der Waals surface area contributed by atoms with Crippen molar-refractivity contribution in [2.24, 2.45) is 7.05 Å². The predicted octanol–water partition coefficient (Wildman–Crippen LogP) is 2.77. The van der Waals surface area contributed by atoms with Gasteiger partial charge in [0.05, 0.1) is 16.8 Å². The quantitative estimate of drug-likeness (QED) is 0.668. The molecule has 2 aromatic carbocycles. The van der Waals surface area contributed by atoms with Crippen LogP contribution in [0.15, 0.2) is 59.8 Å². The second-order valence-corrected chi connectivity index (χ2v) is 8.34. The minimum absolute atomic E-state index is 0.170. The van der Waals surface area contributed by atoms with E-state index in [0.717, 1.165) is 16.7 Å². The summed E-state index contributed by atoms with van der Waals surface area (Å²) in [7, 11) is -1.94. The fraction of sp³-hybridized carbons (Fsp3) is 0.200. The molecule has 0 fully saturated rings. The summed E-state index contributed by atoms with van der Waals surface area (Å²) in [5, 5.41) is 6.86. The zero-order valence-corrected chi connectivity index (χ0v) is 16.7. The average Bonchev–Trinajstić information content (AvgIpc) is 3.07. The molecule has 0 aliphatic heterocycles. The molecule has 0 saturated heterocycles. The van der Waals surface area contributed by atoms with Crippen molar-refractivity contribution in [2.75, 3.05) is 4.72 Å². The van der Waals surface area contributed by atoms with Crippen LogP contribution < -0.4 is 10.0 Å². The summed E-state index contributed by atoms with van der Waals surface area (Å²) in [5.74, 6) is -0.292. The second kappa shape index (κ2) is 7.85. The van der Waals surface area contributed by atoms with Crippen molar-refractivity contribution in [1.29, 1.82) is 0 Å². The Kier molecular flexibility index (Phi) is 5.51. The number of aryl methyl sites for hydroxylation is 3. The van der Waals surface area contributed by atoms with Gasteiger partial charge in [0, 0.05) is 30.9 Å². The summed E-state index contributed by atoms with van der Waals surface area (Å²) in [5.41, 5.74) is 3.32. The molecule has 1 amide bonds. The molecule has 1 aromatic heterocycles. The third-order valence-corrected chi connectivity index (χ3v) is 5.67. The van der Waals surface area contributed by atoms with Crippen LogP contribution >= 0.6 is 0 Å². The standard InChI is InChI=1S/C20H22N4O3S/c1-14-4-8-18(9-5-14)28(26,27)23-19-10-17(7-6-15(19)2)20(25)21-11-16-12-22-24(3)13-16/h4-10,12-13,23H,11H2,1-3H3,(H,21,25). The molecular weight excluding hydrogens is 376 g/mol. The maximum atomic E-state index is 12.6. The Morgan fingerprint density at radius 2 is 1.82 bits per heavy atom. The highest BCUT2D eigenvalue weighted by Crippen LogP contribution is 2.21. The summed E-state index contributed by atoms with van der Waals surface area (Å²) in [6, 6.07) is 11.5. The SMILES string of the molecule is Cc1ccc(S(=O)(=O)Nc2cc(C(=O)NCc3cnn(C)c3)ccc2C)cc1. The van der Waals surface area contributed by atoms with Crippen molar-refractivity contribution in [3.63, 3.8) is 0 Å². The topological polar surface area (TPSA) is 93.1 Å². The van der Waals surface area contributed by atoms with E-state index in [2.05, 4.69) is 15.1 Å². The predicted molar refractivity (Wildman–Crippen MR) is 108 cm³/mol. The van der Waals surface area contributed by atoms with Crippen LogP contribution in [0.1, 0.15) is 27.0 Å². The largest absolute Gasteiger partial charge is 0.348 e. The number of hydrogen-bond donors (Lipinski definition) is 2. The second-order valence-electron chi connectivity index (χ2n) is 6.65. The lowest BCUT2D eigenvalue weighted by atomic mass is 10.1. The molecule has 28 heavy (non-hydrogen) atoms. The lowest BCUT2D eigenvalue weighted by molar-refractivity contribution is 0.0951. The number of aromatic nitrogens is 2. The molecule has 7 nitrogen and oxygen atoms in total. The van der Waals surface area contributed by atoms with Crippen LogP contribution in [0.4, 0.5) is 5.69 Å². The van der Waals surface area contributed by atoms with Crippen molar-refractivity contribution in [3.8, 4) is 0 Å². The first-order valence-electron chi connectivity index (χ1n) is 8.70. The number of hydrogen-bond acceptors (Lipinski definition) is 4. The summed E-state index contributed by atoms with van der Waals surface area (Å²) in [4.78, 5) is 12.6. The summed E-state index contributed by atoms with van der Waals surface area (Å²) >= 11 is 0. The van der Waals surface area contributed by atoms with Crippen molar-refractivity contribution in [1.82, 2.24) is 15.1 Å². The Hall–Kier alpha value is -3.13. The molecule has 0 aliphatic rings. The van der Waals surface area contributed by atoms with E-state index >= 15 is 0 Å². The maximum Gasteiger partial charge on any atom is 0.261 e. The Labute approximate surface area is 164 Å². The average molecular weight is 398 g/mol. The number of carbonyl (C=O) groups excluding carboxylic acids is 1. The van der Waals surface area contributed by atoms with Gasteiger partial charge >= 0.3 is 0 Å². The van der Waals surface area contributed by atoms with Gasteiger partial charge in [-0.1, -0.05) is 23.8 Å². The summed E-state index contributed by atoms with van der Waals surface area (Å²) < 4.78 is 29.5. The van der Waals surface area contributed by atoms with Crippen LogP contribution in [0.25, 0.3) is 0 Å². The summed E-state index contributed by atoms with van der Waals surface area (Å²) in [6.07, 6.45) is 3.49. The molecule has 3 aromatic rings. The highest BCUT2D eigenvalue weighted by molar-refractivity contribution is 7.92. The van der Waals surface area contributed by atoms with Gasteiger partial charge in [-0.05, 0) is 43.7 Å². The van der Waals surface area contributed by atoms with E-state index in [4.69, 9.17) is 0 Å². The molecule has 0 spiro atoms. The highest BCUT2D eigenvalue weighted by Gasteiger charge is 2.16. The molecule has 0 atom stereocenters. The number of rotatable bonds is 6. The van der Waals surface area contributed by atoms with Crippen LogP contribution in [0, 0.1) is 13.8 Å². The van der Waals surface area contributed by atoms with E-state index < -0.39 is 10.0 Å². The van der Waals surface area contributed by atoms with Crippen molar-refractivity contribution < 1.29 is 13.2 Å². The number of benzene rings is 2. The van der Waals surface area contributed by atoms with Gasteiger partial charge in [0.2, 0.25) is 0 Å². The van der Waals surface area contributed by atoms with Gasteiger partial charge in [-0.3, -0.25) is 14.2 Å². The molecule has 2 N–H and O–H groups in total. The fourth-order valence-electron chi connectivity index (χ4n) is 2.64. The Morgan fingerprint density at radius 1 is 1.11 bits per heavy atom. The van der Waals surface area contributed by atoms with Crippen molar-refractivity contribution >= 4 is 21.6 Å². The molecular formula is C20H22N4O3S. The number of amides is 1. The number of carbonyl (C=O) groups is 1. The maximum absolute atomic E-state index is 12.6. The molecule has 146 valence electrons. The number of sulfonamides is 1. The minimum atomic E-state index is -3.74. The first-order valence-corrected chi connectivity index (χ1v) is 10.2. The first kappa shape index (κ1) is 19.6. The fourth-order valence-corrected chi connectivity index (χ4v) is 3.76. The number of anilines is 1. The normalized spacial score (nSPS) is 11.2. The van der Waals surface area contributed by atoms with E-state index in [9.17, 15) is 13.2 Å². The van der Waals surface area contributed by atoms with E-state index in [1.54, 1.807) is 67.3 Å². The van der Waals surface area contributed by atoms with Gasteiger partial charge in [-0.2, -0.15) is 5.10 Å². The smallest absolute Gasteiger partial charge is 0.261 e. The van der Waals surface area contributed by atoms with Gasteiger partial charge in [0.25, 0.3) is 15.9 Å². The number of nitrogens with zero attached hydrogens (tertiary/aromatic N) is 2. The Morgan fingerprint density at radius 3 is 2.46 bits per heavy atom. The summed E-state index contributed by atoms with van der Waals surface area (Å²) in [6.45, 7) is 4.01. The zero-order valence-electron chi connectivity index (χ0n) is 15.9. The third-order valence-electron chi connectivity index (χ3n) is 4.29. The molecule has 0 unspecified atom stereocenters. The molecule has 1 heterocycles. The third kappa shape index (κ3) is 4.58. The van der Waals surface area contributed by atoms with E-state index in [1.807, 2.05) is 13.1 Å². The van der Waals surface area contributed by atoms with Gasteiger partial charge in [-0.25, -0.2) is 8.42 Å². The van der Waals surface area contributed by atoms with Crippen molar-refractivity contribution in [2.45, 2.75) is 25.3 Å². The molecule has 0 aliphatic carbocycles. The molecule has 8 heteroatoms. The van der Waals surface area contributed by atoms with Crippen LogP contribution in [0.5, 0.6) is 0 Å². The highest BCUT2D eigenvalue weighted by atomic mass is 32.2. The molecule has 0 bridgehead atoms. The Bertz CT molecular complexity index is 1100. The molecule has 0 saturated carbocycles. The lowest BCUT2D eigenvalue weighted by Gasteiger charge is -2.12. The zero-order chi connectivity index (χ0) is 20.3. The molecule has 0 radical (unpaired) electrons. The van der Waals surface area contributed by atoms with Gasteiger partial charge < -0.3 is 5.32 Å². The van der Waals surface area contributed by atoms with E-state index in [0.29, 0.717) is 17.8 Å². The van der Waals surface area contributed by atoms with Crippen LogP contribution in [0.3, 0.4) is 0 Å². The monoisotopic (exact) mass is 398 g/mol. The first-order chi connectivity index (χ1) is 13.2. The van der Waals surface area contributed by atoms with E-state index in [1.165, 1.54) is 0 Å². The van der Waals surface area contributed by atoms with Crippen molar-refractivity contribution in [3.05, 3.63) is 77.1 Å². The van der Waals surface area contributed by atoms with Gasteiger partial charge in [0.1, 0.15) is 0 Å².